The minimum absolute atomic E-state index is 0.239. The van der Waals surface area contributed by atoms with E-state index in [1.165, 1.54) is 6.07 Å². The Morgan fingerprint density at radius 2 is 2.00 bits per heavy atom. The molecule has 4 heteroatoms. The average molecular weight is 240 g/mol. The average Bonchev–Trinajstić information content (AvgIpc) is 2.19. The highest BCUT2D eigenvalue weighted by molar-refractivity contribution is 5.56. The fourth-order valence-electron chi connectivity index (χ4n) is 1.87. The SMILES string of the molecule is Cc1cc(N(C)CC(C)O)c([C@H](C)N)cc1F. The fourth-order valence-corrected chi connectivity index (χ4v) is 1.87. The molecule has 1 rings (SSSR count). The van der Waals surface area contributed by atoms with Crippen molar-refractivity contribution in [1.29, 1.82) is 0 Å². The molecular weight excluding hydrogens is 219 g/mol. The molecule has 2 atom stereocenters. The van der Waals surface area contributed by atoms with E-state index < -0.39 is 6.10 Å². The molecule has 3 nitrogen and oxygen atoms in total. The van der Waals surface area contributed by atoms with Crippen molar-refractivity contribution in [2.24, 2.45) is 5.73 Å². The van der Waals surface area contributed by atoms with Crippen LogP contribution in [-0.4, -0.2) is 24.8 Å². The molecule has 0 saturated heterocycles. The molecule has 1 aromatic rings. The number of hydrogen-bond donors (Lipinski definition) is 2. The Balaban J connectivity index is 3.16. The highest BCUT2D eigenvalue weighted by atomic mass is 19.1. The van der Waals surface area contributed by atoms with E-state index in [4.69, 9.17) is 5.73 Å². The van der Waals surface area contributed by atoms with Gasteiger partial charge in [0.05, 0.1) is 6.10 Å². The second-order valence-corrected chi connectivity index (χ2v) is 4.68. The van der Waals surface area contributed by atoms with E-state index in [0.29, 0.717) is 12.1 Å². The summed E-state index contributed by atoms with van der Waals surface area (Å²) in [5.74, 6) is -0.244. The zero-order valence-corrected chi connectivity index (χ0v) is 10.9. The number of benzene rings is 1. The van der Waals surface area contributed by atoms with Crippen LogP contribution < -0.4 is 10.6 Å². The van der Waals surface area contributed by atoms with Crippen molar-refractivity contribution >= 4 is 5.69 Å². The molecule has 0 aliphatic carbocycles. The third-order valence-electron chi connectivity index (χ3n) is 2.75. The molecular formula is C13H21FN2O. The Bertz CT molecular complexity index is 391. The van der Waals surface area contributed by atoms with Crippen LogP contribution in [0.3, 0.4) is 0 Å². The maximum absolute atomic E-state index is 13.5. The van der Waals surface area contributed by atoms with Crippen molar-refractivity contribution in [1.82, 2.24) is 0 Å². The monoisotopic (exact) mass is 240 g/mol. The van der Waals surface area contributed by atoms with Gasteiger partial charge in [0.1, 0.15) is 5.82 Å². The number of rotatable bonds is 4. The Morgan fingerprint density at radius 1 is 1.41 bits per heavy atom. The third-order valence-corrected chi connectivity index (χ3v) is 2.75. The van der Waals surface area contributed by atoms with E-state index >= 15 is 0 Å². The zero-order chi connectivity index (χ0) is 13.2. The quantitative estimate of drug-likeness (QED) is 0.846. The lowest BCUT2D eigenvalue weighted by molar-refractivity contribution is 0.201. The van der Waals surface area contributed by atoms with Gasteiger partial charge in [-0.1, -0.05) is 0 Å². The first-order valence-corrected chi connectivity index (χ1v) is 5.77. The van der Waals surface area contributed by atoms with Gasteiger partial charge in [0.15, 0.2) is 0 Å². The zero-order valence-electron chi connectivity index (χ0n) is 10.9. The van der Waals surface area contributed by atoms with E-state index in [9.17, 15) is 9.50 Å². The molecule has 0 bridgehead atoms. The Kier molecular flexibility index (Phi) is 4.48. The number of aliphatic hydroxyl groups is 1. The first-order valence-electron chi connectivity index (χ1n) is 5.77. The van der Waals surface area contributed by atoms with Gasteiger partial charge in [0.25, 0.3) is 0 Å². The van der Waals surface area contributed by atoms with Crippen molar-refractivity contribution in [2.45, 2.75) is 32.9 Å². The van der Waals surface area contributed by atoms with E-state index in [1.54, 1.807) is 19.9 Å². The summed E-state index contributed by atoms with van der Waals surface area (Å²) in [6.07, 6.45) is -0.439. The van der Waals surface area contributed by atoms with E-state index in [0.717, 1.165) is 11.3 Å². The van der Waals surface area contributed by atoms with Crippen molar-refractivity contribution in [3.8, 4) is 0 Å². The van der Waals surface area contributed by atoms with Crippen LogP contribution in [0.5, 0.6) is 0 Å². The second-order valence-electron chi connectivity index (χ2n) is 4.68. The number of likely N-dealkylation sites (N-methyl/N-ethyl adjacent to an activating group) is 1. The van der Waals surface area contributed by atoms with Crippen LogP contribution in [0.15, 0.2) is 12.1 Å². The Hall–Kier alpha value is -1.13. The van der Waals surface area contributed by atoms with Gasteiger partial charge in [-0.2, -0.15) is 0 Å². The number of aryl methyl sites for hydroxylation is 1. The Labute approximate surface area is 102 Å². The van der Waals surface area contributed by atoms with Crippen molar-refractivity contribution < 1.29 is 9.50 Å². The number of halogens is 1. The first kappa shape index (κ1) is 13.9. The molecule has 1 aromatic carbocycles. The summed E-state index contributed by atoms with van der Waals surface area (Å²) in [5, 5.41) is 9.39. The predicted octanol–water partition coefficient (Wildman–Crippen LogP) is 1.97. The summed E-state index contributed by atoms with van der Waals surface area (Å²) < 4.78 is 13.5. The van der Waals surface area contributed by atoms with Crippen LogP contribution in [0.25, 0.3) is 0 Å². The van der Waals surface area contributed by atoms with Crippen molar-refractivity contribution in [3.63, 3.8) is 0 Å². The lowest BCUT2D eigenvalue weighted by Gasteiger charge is -2.25. The highest BCUT2D eigenvalue weighted by Crippen LogP contribution is 2.27. The third kappa shape index (κ3) is 3.41. The second kappa shape index (κ2) is 5.47. The van der Waals surface area contributed by atoms with E-state index in [1.807, 2.05) is 18.9 Å². The standard InChI is InChI=1S/C13H21FN2O/c1-8-5-13(16(4)7-9(2)17)11(10(3)15)6-12(8)14/h5-6,9-10,17H,7,15H2,1-4H3/t9?,10-/m0/s1. The maximum Gasteiger partial charge on any atom is 0.126 e. The van der Waals surface area contributed by atoms with Gasteiger partial charge >= 0.3 is 0 Å². The lowest BCUT2D eigenvalue weighted by Crippen LogP contribution is -2.28. The van der Waals surface area contributed by atoms with Crippen LogP contribution >= 0.6 is 0 Å². The number of hydrogen-bond acceptors (Lipinski definition) is 3. The molecule has 0 aliphatic rings. The summed E-state index contributed by atoms with van der Waals surface area (Å²) in [6.45, 7) is 5.76. The van der Waals surface area contributed by atoms with Gasteiger partial charge in [-0.3, -0.25) is 0 Å². The van der Waals surface area contributed by atoms with Crippen LogP contribution in [0.4, 0.5) is 10.1 Å². The molecule has 1 unspecified atom stereocenters. The molecule has 3 N–H and O–H groups in total. The van der Waals surface area contributed by atoms with Crippen LogP contribution in [0.2, 0.25) is 0 Å². The van der Waals surface area contributed by atoms with Gasteiger partial charge in [0, 0.05) is 25.3 Å². The molecule has 0 radical (unpaired) electrons. The summed E-state index contributed by atoms with van der Waals surface area (Å²) in [4.78, 5) is 1.90. The van der Waals surface area contributed by atoms with E-state index in [2.05, 4.69) is 0 Å². The molecule has 0 saturated carbocycles. The summed E-state index contributed by atoms with van der Waals surface area (Å²) in [7, 11) is 1.87. The maximum atomic E-state index is 13.5. The first-order chi connectivity index (χ1) is 7.82. The molecule has 0 aliphatic heterocycles. The number of nitrogens with zero attached hydrogens (tertiary/aromatic N) is 1. The van der Waals surface area contributed by atoms with Crippen LogP contribution in [-0.2, 0) is 0 Å². The van der Waals surface area contributed by atoms with Gasteiger partial charge in [0.2, 0.25) is 0 Å². The normalized spacial score (nSPS) is 14.5. The minimum Gasteiger partial charge on any atom is -0.392 e. The van der Waals surface area contributed by atoms with Crippen LogP contribution in [0.1, 0.15) is 31.0 Å². The molecule has 0 aromatic heterocycles. The largest absolute Gasteiger partial charge is 0.392 e. The number of nitrogens with two attached hydrogens (primary N) is 1. The fraction of sp³-hybridized carbons (Fsp3) is 0.538. The van der Waals surface area contributed by atoms with Crippen LogP contribution in [0, 0.1) is 12.7 Å². The summed E-state index contributed by atoms with van der Waals surface area (Å²) in [5.41, 5.74) is 8.07. The summed E-state index contributed by atoms with van der Waals surface area (Å²) in [6, 6.07) is 3.01. The van der Waals surface area contributed by atoms with Crippen molar-refractivity contribution in [3.05, 3.63) is 29.1 Å². The molecule has 0 heterocycles. The molecule has 17 heavy (non-hydrogen) atoms. The minimum atomic E-state index is -0.439. The smallest absolute Gasteiger partial charge is 0.126 e. The molecule has 0 amide bonds. The highest BCUT2D eigenvalue weighted by Gasteiger charge is 2.15. The van der Waals surface area contributed by atoms with Gasteiger partial charge < -0.3 is 15.7 Å². The molecule has 0 spiro atoms. The molecule has 0 fully saturated rings. The van der Waals surface area contributed by atoms with Crippen molar-refractivity contribution in [2.75, 3.05) is 18.5 Å². The topological polar surface area (TPSA) is 49.5 Å². The lowest BCUT2D eigenvalue weighted by atomic mass is 10.0. The molecule has 96 valence electrons. The van der Waals surface area contributed by atoms with Gasteiger partial charge in [-0.15, -0.1) is 0 Å². The number of aliphatic hydroxyl groups excluding tert-OH is 1. The van der Waals surface area contributed by atoms with Gasteiger partial charge in [-0.25, -0.2) is 4.39 Å². The number of anilines is 1. The predicted molar refractivity (Wildman–Crippen MR) is 68.7 cm³/mol. The Morgan fingerprint density at radius 3 is 2.47 bits per heavy atom. The summed E-state index contributed by atoms with van der Waals surface area (Å²) >= 11 is 0. The van der Waals surface area contributed by atoms with Gasteiger partial charge in [-0.05, 0) is 44.0 Å². The van der Waals surface area contributed by atoms with E-state index in [-0.39, 0.29) is 11.9 Å².